The van der Waals surface area contributed by atoms with Gasteiger partial charge in [-0.3, -0.25) is 4.98 Å². The molecule has 2 rings (SSSR count). The zero-order valence-corrected chi connectivity index (χ0v) is 12.1. The molecule has 1 aromatic carbocycles. The lowest BCUT2D eigenvalue weighted by Gasteiger charge is -2.24. The van der Waals surface area contributed by atoms with E-state index in [-0.39, 0.29) is 6.04 Å². The molecule has 0 aliphatic rings. The normalized spacial score (nSPS) is 13.9. The van der Waals surface area contributed by atoms with Crippen molar-refractivity contribution in [2.45, 2.75) is 25.4 Å². The van der Waals surface area contributed by atoms with Crippen molar-refractivity contribution in [2.75, 3.05) is 13.7 Å². The number of pyridine rings is 1. The summed E-state index contributed by atoms with van der Waals surface area (Å²) in [7, 11) is 1.74. The van der Waals surface area contributed by atoms with Crippen LogP contribution >= 0.6 is 0 Å². The van der Waals surface area contributed by atoms with Gasteiger partial charge < -0.3 is 10.1 Å². The fraction of sp³-hybridized carbons (Fsp3) is 0.353. The van der Waals surface area contributed by atoms with Crippen LogP contribution in [0.4, 0.5) is 0 Å². The molecule has 20 heavy (non-hydrogen) atoms. The summed E-state index contributed by atoms with van der Waals surface area (Å²) in [4.78, 5) is 4.10. The van der Waals surface area contributed by atoms with Crippen LogP contribution in [0.5, 0.6) is 0 Å². The van der Waals surface area contributed by atoms with Gasteiger partial charge in [-0.15, -0.1) is 0 Å². The van der Waals surface area contributed by atoms with Gasteiger partial charge in [0, 0.05) is 32.2 Å². The van der Waals surface area contributed by atoms with Crippen LogP contribution in [-0.4, -0.2) is 24.7 Å². The number of nitrogens with zero attached hydrogens (tertiary/aromatic N) is 1. The average molecular weight is 270 g/mol. The number of ether oxygens (including phenoxy) is 1. The van der Waals surface area contributed by atoms with Gasteiger partial charge in [0.1, 0.15) is 0 Å². The van der Waals surface area contributed by atoms with Crippen molar-refractivity contribution >= 4 is 0 Å². The number of methoxy groups -OCH3 is 1. The summed E-state index contributed by atoms with van der Waals surface area (Å²) < 4.78 is 5.16. The van der Waals surface area contributed by atoms with E-state index in [1.165, 1.54) is 11.1 Å². The standard InChI is InChI=1S/C17H22N2O/c1-14(10-13-20-2)19-17(15-6-4-3-5-7-15)16-8-11-18-12-9-16/h3-9,11-12,14,17,19H,10,13H2,1-2H3. The van der Waals surface area contributed by atoms with E-state index >= 15 is 0 Å². The molecule has 2 atom stereocenters. The quantitative estimate of drug-likeness (QED) is 0.839. The van der Waals surface area contributed by atoms with E-state index in [9.17, 15) is 0 Å². The molecule has 0 spiro atoms. The van der Waals surface area contributed by atoms with Crippen LogP contribution in [0.2, 0.25) is 0 Å². The van der Waals surface area contributed by atoms with Gasteiger partial charge in [0.2, 0.25) is 0 Å². The molecule has 2 unspecified atom stereocenters. The second-order valence-electron chi connectivity index (χ2n) is 4.97. The van der Waals surface area contributed by atoms with Crippen molar-refractivity contribution in [3.63, 3.8) is 0 Å². The minimum absolute atomic E-state index is 0.186. The summed E-state index contributed by atoms with van der Waals surface area (Å²) in [5.74, 6) is 0. The van der Waals surface area contributed by atoms with E-state index in [1.54, 1.807) is 7.11 Å². The van der Waals surface area contributed by atoms with Crippen molar-refractivity contribution < 1.29 is 4.74 Å². The molecule has 1 heterocycles. The largest absolute Gasteiger partial charge is 0.385 e. The third kappa shape index (κ3) is 4.15. The maximum absolute atomic E-state index is 5.16. The first-order chi connectivity index (χ1) is 9.81. The van der Waals surface area contributed by atoms with Crippen molar-refractivity contribution in [2.24, 2.45) is 0 Å². The van der Waals surface area contributed by atoms with E-state index in [0.717, 1.165) is 13.0 Å². The van der Waals surface area contributed by atoms with Crippen LogP contribution in [0, 0.1) is 0 Å². The molecule has 2 aromatic rings. The molecule has 0 amide bonds. The van der Waals surface area contributed by atoms with Crippen molar-refractivity contribution in [3.8, 4) is 0 Å². The second-order valence-corrected chi connectivity index (χ2v) is 4.97. The maximum Gasteiger partial charge on any atom is 0.0579 e. The Morgan fingerprint density at radius 1 is 1.05 bits per heavy atom. The van der Waals surface area contributed by atoms with Crippen molar-refractivity contribution in [1.29, 1.82) is 0 Å². The molecule has 0 saturated carbocycles. The summed E-state index contributed by atoms with van der Waals surface area (Å²) >= 11 is 0. The Kier molecular flexibility index (Phi) is 5.71. The third-order valence-corrected chi connectivity index (χ3v) is 3.38. The highest BCUT2D eigenvalue weighted by molar-refractivity contribution is 5.30. The van der Waals surface area contributed by atoms with Gasteiger partial charge >= 0.3 is 0 Å². The Labute approximate surface area is 121 Å². The molecule has 0 radical (unpaired) electrons. The molecule has 0 fully saturated rings. The van der Waals surface area contributed by atoms with Gasteiger partial charge in [-0.25, -0.2) is 0 Å². The minimum atomic E-state index is 0.186. The maximum atomic E-state index is 5.16. The SMILES string of the molecule is COCCC(C)NC(c1ccccc1)c1ccncc1. The van der Waals surface area contributed by atoms with Crippen molar-refractivity contribution in [1.82, 2.24) is 10.3 Å². The molecule has 106 valence electrons. The third-order valence-electron chi connectivity index (χ3n) is 3.38. The van der Waals surface area contributed by atoms with Gasteiger partial charge in [0.05, 0.1) is 6.04 Å². The Balaban J connectivity index is 2.17. The lowest BCUT2D eigenvalue weighted by Crippen LogP contribution is -2.32. The highest BCUT2D eigenvalue weighted by atomic mass is 16.5. The van der Waals surface area contributed by atoms with Gasteiger partial charge in [-0.1, -0.05) is 30.3 Å². The van der Waals surface area contributed by atoms with E-state index in [4.69, 9.17) is 4.74 Å². The number of hydrogen-bond donors (Lipinski definition) is 1. The first-order valence-electron chi connectivity index (χ1n) is 7.01. The molecule has 3 heteroatoms. The molecular formula is C17H22N2O. The van der Waals surface area contributed by atoms with Crippen LogP contribution in [0.25, 0.3) is 0 Å². The van der Waals surface area contributed by atoms with Gasteiger partial charge in [0.15, 0.2) is 0 Å². The summed E-state index contributed by atoms with van der Waals surface area (Å²) in [6, 6.07) is 15.2. The first kappa shape index (κ1) is 14.7. The molecule has 0 saturated heterocycles. The Morgan fingerprint density at radius 3 is 2.35 bits per heavy atom. The number of benzene rings is 1. The van der Waals surface area contributed by atoms with Crippen LogP contribution in [-0.2, 0) is 4.74 Å². The van der Waals surface area contributed by atoms with Crippen LogP contribution in [0.3, 0.4) is 0 Å². The minimum Gasteiger partial charge on any atom is -0.385 e. The summed E-state index contributed by atoms with van der Waals surface area (Å²) in [6.07, 6.45) is 4.67. The molecule has 3 nitrogen and oxygen atoms in total. The molecule has 1 aromatic heterocycles. The number of hydrogen-bond acceptors (Lipinski definition) is 3. The Hall–Kier alpha value is -1.71. The van der Waals surface area contributed by atoms with E-state index in [1.807, 2.05) is 18.5 Å². The average Bonchev–Trinajstić information content (AvgIpc) is 2.52. The lowest BCUT2D eigenvalue weighted by molar-refractivity contribution is 0.183. The highest BCUT2D eigenvalue weighted by Gasteiger charge is 2.16. The monoisotopic (exact) mass is 270 g/mol. The summed E-state index contributed by atoms with van der Waals surface area (Å²) in [5, 5.41) is 3.68. The molecular weight excluding hydrogens is 248 g/mol. The van der Waals surface area contributed by atoms with Gasteiger partial charge in [0.25, 0.3) is 0 Å². The van der Waals surface area contributed by atoms with Gasteiger partial charge in [-0.2, -0.15) is 0 Å². The van der Waals surface area contributed by atoms with Crippen LogP contribution in [0.1, 0.15) is 30.5 Å². The number of rotatable bonds is 7. The second kappa shape index (κ2) is 7.78. The number of aromatic nitrogens is 1. The molecule has 0 aliphatic carbocycles. The van der Waals surface area contributed by atoms with Gasteiger partial charge in [-0.05, 0) is 36.6 Å². The zero-order chi connectivity index (χ0) is 14.2. The van der Waals surface area contributed by atoms with Crippen LogP contribution < -0.4 is 5.32 Å². The fourth-order valence-electron chi connectivity index (χ4n) is 2.25. The summed E-state index contributed by atoms with van der Waals surface area (Å²) in [6.45, 7) is 2.96. The zero-order valence-electron chi connectivity index (χ0n) is 12.1. The van der Waals surface area contributed by atoms with Crippen LogP contribution in [0.15, 0.2) is 54.9 Å². The predicted molar refractivity (Wildman–Crippen MR) is 81.6 cm³/mol. The predicted octanol–water partition coefficient (Wildman–Crippen LogP) is 3.19. The Morgan fingerprint density at radius 2 is 1.70 bits per heavy atom. The topological polar surface area (TPSA) is 34.1 Å². The molecule has 0 aliphatic heterocycles. The Bertz CT molecular complexity index is 447. The van der Waals surface area contributed by atoms with E-state index in [2.05, 4.69) is 53.6 Å². The van der Waals surface area contributed by atoms with E-state index < -0.39 is 0 Å². The first-order valence-corrected chi connectivity index (χ1v) is 7.01. The number of nitrogens with one attached hydrogen (secondary N) is 1. The molecule has 0 bridgehead atoms. The van der Waals surface area contributed by atoms with E-state index in [0.29, 0.717) is 6.04 Å². The fourth-order valence-corrected chi connectivity index (χ4v) is 2.25. The lowest BCUT2D eigenvalue weighted by atomic mass is 9.98. The smallest absolute Gasteiger partial charge is 0.0579 e. The highest BCUT2D eigenvalue weighted by Crippen LogP contribution is 2.22. The summed E-state index contributed by atoms with van der Waals surface area (Å²) in [5.41, 5.74) is 2.50. The molecule has 1 N–H and O–H groups in total. The van der Waals surface area contributed by atoms with Crippen molar-refractivity contribution in [3.05, 3.63) is 66.0 Å².